The van der Waals surface area contributed by atoms with Gasteiger partial charge in [0.2, 0.25) is 5.95 Å². The van der Waals surface area contributed by atoms with E-state index in [9.17, 15) is 9.36 Å². The molecule has 2 rings (SSSR count). The molecule has 0 aromatic carbocycles. The zero-order valence-electron chi connectivity index (χ0n) is 10.1. The van der Waals surface area contributed by atoms with E-state index >= 15 is 0 Å². The van der Waals surface area contributed by atoms with E-state index in [1.165, 1.54) is 7.11 Å². The number of nitrogens with zero attached hydrogens (tertiary/aromatic N) is 2. The van der Waals surface area contributed by atoms with Gasteiger partial charge in [-0.3, -0.25) is 9.36 Å². The standard InChI is InChI=1S/C9H10ClN3O2.Cl3OP/c1-15-8(14)4-2-3-5-6(4)7(10)13-9(11)12-5;1-5(2,3)4/h4H,2-3H2,1H3,(H2,11,12,13);. The van der Waals surface area contributed by atoms with Gasteiger partial charge in [-0.15, -0.1) is 0 Å². The molecular weight excluding hydrogens is 371 g/mol. The van der Waals surface area contributed by atoms with Crippen LogP contribution in [-0.2, 0) is 20.5 Å². The average molecular weight is 381 g/mol. The summed E-state index contributed by atoms with van der Waals surface area (Å²) in [7, 11) is 1.35. The van der Waals surface area contributed by atoms with Gasteiger partial charge in [-0.2, -0.15) is 0 Å². The fraction of sp³-hybridized carbons (Fsp3) is 0.444. The molecule has 6 nitrogen and oxygen atoms in total. The van der Waals surface area contributed by atoms with Crippen molar-refractivity contribution in [2.75, 3.05) is 12.8 Å². The van der Waals surface area contributed by atoms with E-state index in [1.807, 2.05) is 0 Å². The van der Waals surface area contributed by atoms with Crippen LogP contribution in [0.4, 0.5) is 5.95 Å². The lowest BCUT2D eigenvalue weighted by molar-refractivity contribution is -0.142. The first-order valence-electron chi connectivity index (χ1n) is 5.22. The predicted octanol–water partition coefficient (Wildman–Crippen LogP) is 3.73. The Morgan fingerprint density at radius 3 is 2.45 bits per heavy atom. The average Bonchev–Trinajstić information content (AvgIpc) is 2.69. The highest BCUT2D eigenvalue weighted by molar-refractivity contribution is 8.24. The first-order valence-corrected chi connectivity index (χ1v) is 10.0. The van der Waals surface area contributed by atoms with E-state index in [-0.39, 0.29) is 23.0 Å². The summed E-state index contributed by atoms with van der Waals surface area (Å²) in [5.41, 5.74) is 6.88. The van der Waals surface area contributed by atoms with Gasteiger partial charge in [0.1, 0.15) is 5.15 Å². The second-order valence-corrected chi connectivity index (χ2v) is 10.7. The van der Waals surface area contributed by atoms with Gasteiger partial charge >= 0.3 is 11.2 Å². The number of anilines is 1. The first-order chi connectivity index (χ1) is 9.13. The third-order valence-electron chi connectivity index (χ3n) is 2.50. The maximum Gasteiger partial charge on any atom is 0.339 e. The molecule has 0 spiro atoms. The number of aryl methyl sites for hydroxylation is 1. The van der Waals surface area contributed by atoms with E-state index in [4.69, 9.17) is 22.1 Å². The smallest absolute Gasteiger partial charge is 0.339 e. The second-order valence-electron chi connectivity index (χ2n) is 3.75. The third-order valence-corrected chi connectivity index (χ3v) is 2.79. The molecule has 0 radical (unpaired) electrons. The SMILES string of the molecule is COC(=O)C1CCc2nc(N)nc(Cl)c21.O=P(Cl)(Cl)Cl. The molecule has 1 aromatic heterocycles. The van der Waals surface area contributed by atoms with Crippen LogP contribution >= 0.6 is 50.5 Å². The van der Waals surface area contributed by atoms with E-state index in [1.54, 1.807) is 0 Å². The molecular formula is C9H10Cl4N3O3P. The van der Waals surface area contributed by atoms with Crippen molar-refractivity contribution in [2.45, 2.75) is 18.8 Å². The summed E-state index contributed by atoms with van der Waals surface area (Å²) in [5, 5.41) is -2.97. The molecule has 1 aromatic rings. The molecule has 1 atom stereocenters. The molecule has 11 heteroatoms. The molecule has 0 fully saturated rings. The van der Waals surface area contributed by atoms with Crippen LogP contribution in [0.3, 0.4) is 0 Å². The quantitative estimate of drug-likeness (QED) is 0.453. The van der Waals surface area contributed by atoms with Crippen molar-refractivity contribution in [1.29, 1.82) is 0 Å². The zero-order valence-corrected chi connectivity index (χ0v) is 14.1. The van der Waals surface area contributed by atoms with Gasteiger partial charge in [0, 0.05) is 5.56 Å². The Bertz CT molecular complexity index is 557. The minimum atomic E-state index is -3.22. The molecule has 0 bridgehead atoms. The van der Waals surface area contributed by atoms with E-state index in [2.05, 4.69) is 43.7 Å². The summed E-state index contributed by atoms with van der Waals surface area (Å²) in [4.78, 5) is 19.3. The van der Waals surface area contributed by atoms with Gasteiger partial charge in [0.15, 0.2) is 0 Å². The van der Waals surface area contributed by atoms with Crippen LogP contribution in [0.15, 0.2) is 0 Å². The van der Waals surface area contributed by atoms with Gasteiger partial charge in [-0.25, -0.2) is 9.97 Å². The Hall–Kier alpha value is -0.260. The largest absolute Gasteiger partial charge is 0.469 e. The van der Waals surface area contributed by atoms with Crippen LogP contribution in [0.5, 0.6) is 0 Å². The van der Waals surface area contributed by atoms with Crippen molar-refractivity contribution in [2.24, 2.45) is 0 Å². The number of esters is 1. The number of nitrogen functional groups attached to an aromatic ring is 1. The topological polar surface area (TPSA) is 95.2 Å². The van der Waals surface area contributed by atoms with Crippen molar-refractivity contribution in [3.63, 3.8) is 0 Å². The van der Waals surface area contributed by atoms with E-state index in [0.29, 0.717) is 18.4 Å². The molecule has 0 amide bonds. The van der Waals surface area contributed by atoms with Crippen molar-refractivity contribution < 1.29 is 14.1 Å². The van der Waals surface area contributed by atoms with Gasteiger partial charge in [0.25, 0.3) is 0 Å². The predicted molar refractivity (Wildman–Crippen MR) is 79.7 cm³/mol. The first kappa shape index (κ1) is 17.8. The van der Waals surface area contributed by atoms with Gasteiger partial charge in [-0.1, -0.05) is 11.6 Å². The lowest BCUT2D eigenvalue weighted by Gasteiger charge is -2.09. The number of carbonyl (C=O) groups is 1. The van der Waals surface area contributed by atoms with Crippen LogP contribution in [0.2, 0.25) is 5.15 Å². The van der Waals surface area contributed by atoms with E-state index in [0.717, 1.165) is 5.69 Å². The van der Waals surface area contributed by atoms with Crippen LogP contribution in [0.25, 0.3) is 0 Å². The molecule has 1 aliphatic carbocycles. The summed E-state index contributed by atoms with van der Waals surface area (Å²) in [6.07, 6.45) is 1.33. The molecule has 1 unspecified atom stereocenters. The molecule has 0 saturated carbocycles. The summed E-state index contributed by atoms with van der Waals surface area (Å²) >= 11 is 19.8. The molecule has 20 heavy (non-hydrogen) atoms. The van der Waals surface area contributed by atoms with E-state index < -0.39 is 5.20 Å². The second kappa shape index (κ2) is 7.14. The lowest BCUT2D eigenvalue weighted by atomic mass is 10.1. The maximum absolute atomic E-state index is 11.4. The van der Waals surface area contributed by atoms with Crippen LogP contribution in [0.1, 0.15) is 23.6 Å². The number of aromatic nitrogens is 2. The molecule has 0 aliphatic heterocycles. The minimum Gasteiger partial charge on any atom is -0.469 e. The summed E-state index contributed by atoms with van der Waals surface area (Å²) in [5.74, 6) is -0.508. The van der Waals surface area contributed by atoms with Crippen LogP contribution in [-0.4, -0.2) is 23.0 Å². The zero-order chi connectivity index (χ0) is 15.5. The fourth-order valence-electron chi connectivity index (χ4n) is 1.84. The lowest BCUT2D eigenvalue weighted by Crippen LogP contribution is -2.12. The van der Waals surface area contributed by atoms with Gasteiger partial charge < -0.3 is 10.5 Å². The number of hydrogen-bond acceptors (Lipinski definition) is 6. The third kappa shape index (κ3) is 5.26. The Kier molecular flexibility index (Phi) is 6.35. The number of fused-ring (bicyclic) bond motifs is 1. The van der Waals surface area contributed by atoms with Crippen molar-refractivity contribution >= 4 is 62.4 Å². The number of ether oxygens (including phenoxy) is 1. The summed E-state index contributed by atoms with van der Waals surface area (Å²) in [6.45, 7) is 0. The maximum atomic E-state index is 11.4. The Morgan fingerprint density at radius 1 is 1.40 bits per heavy atom. The number of methoxy groups -OCH3 is 1. The summed E-state index contributed by atoms with van der Waals surface area (Å²) < 4.78 is 14.2. The highest BCUT2D eigenvalue weighted by Gasteiger charge is 2.33. The highest BCUT2D eigenvalue weighted by atomic mass is 36.0. The van der Waals surface area contributed by atoms with Crippen molar-refractivity contribution in [1.82, 2.24) is 9.97 Å². The van der Waals surface area contributed by atoms with Gasteiger partial charge in [0.05, 0.1) is 18.7 Å². The fourth-order valence-corrected chi connectivity index (χ4v) is 2.17. The molecule has 1 heterocycles. The van der Waals surface area contributed by atoms with Crippen LogP contribution < -0.4 is 5.73 Å². The highest BCUT2D eigenvalue weighted by Crippen LogP contribution is 2.61. The number of nitrogens with two attached hydrogens (primary N) is 1. The Balaban J connectivity index is 0.000000347. The molecule has 112 valence electrons. The Morgan fingerprint density at radius 2 is 1.95 bits per heavy atom. The number of halogens is 4. The molecule has 2 N–H and O–H groups in total. The Labute approximate surface area is 134 Å². The molecule has 0 saturated heterocycles. The number of rotatable bonds is 1. The minimum absolute atomic E-state index is 0.143. The number of hydrogen-bond donors (Lipinski definition) is 1. The van der Waals surface area contributed by atoms with Crippen molar-refractivity contribution in [3.8, 4) is 0 Å². The molecule has 1 aliphatic rings. The normalized spacial score (nSPS) is 16.9. The van der Waals surface area contributed by atoms with Crippen molar-refractivity contribution in [3.05, 3.63) is 16.4 Å². The van der Waals surface area contributed by atoms with Gasteiger partial charge in [-0.05, 0) is 46.6 Å². The monoisotopic (exact) mass is 379 g/mol. The number of carbonyl (C=O) groups excluding carboxylic acids is 1. The summed E-state index contributed by atoms with van der Waals surface area (Å²) in [6, 6.07) is 0. The van der Waals surface area contributed by atoms with Crippen LogP contribution in [0, 0.1) is 0 Å².